The first-order valence-electron chi connectivity index (χ1n) is 7.66. The summed E-state index contributed by atoms with van der Waals surface area (Å²) in [7, 11) is 0. The Morgan fingerprint density at radius 2 is 1.04 bits per heavy atom. The van der Waals surface area contributed by atoms with Crippen molar-refractivity contribution >= 4 is 81.8 Å². The fourth-order valence-corrected chi connectivity index (χ4v) is 6.83. The second kappa shape index (κ2) is 5.06. The van der Waals surface area contributed by atoms with Gasteiger partial charge in [0.2, 0.25) is 0 Å². The third-order valence-corrected chi connectivity index (χ3v) is 8.74. The lowest BCUT2D eigenvalue weighted by Gasteiger charge is -2.19. The van der Waals surface area contributed by atoms with Gasteiger partial charge in [0.1, 0.15) is 12.4 Å². The lowest BCUT2D eigenvalue weighted by molar-refractivity contribution is -0.517. The molecule has 0 bridgehead atoms. The van der Waals surface area contributed by atoms with Gasteiger partial charge in [-0.05, 0) is 12.1 Å². The lowest BCUT2D eigenvalue weighted by Crippen LogP contribution is -2.60. The summed E-state index contributed by atoms with van der Waals surface area (Å²) in [5, 5.41) is 0. The molecule has 1 aromatic carbocycles. The van der Waals surface area contributed by atoms with E-state index in [0.717, 1.165) is 0 Å². The molecule has 2 aliphatic heterocycles. The smallest absolute Gasteiger partial charge is 0.397 e. The van der Waals surface area contributed by atoms with Crippen LogP contribution in [0, 0.1) is 0 Å². The number of pyridine rings is 2. The first-order chi connectivity index (χ1) is 11.4. The van der Waals surface area contributed by atoms with E-state index in [9.17, 15) is 0 Å². The highest BCUT2D eigenvalue weighted by Gasteiger charge is 2.47. The van der Waals surface area contributed by atoms with Crippen molar-refractivity contribution in [2.75, 3.05) is 0 Å². The van der Waals surface area contributed by atoms with Crippen molar-refractivity contribution in [2.45, 2.75) is 0 Å². The van der Waals surface area contributed by atoms with Gasteiger partial charge >= 0.3 is 7.86 Å². The van der Waals surface area contributed by atoms with Gasteiger partial charge in [0.15, 0.2) is 11.4 Å². The third kappa shape index (κ3) is 1.89. The Morgan fingerprint density at radius 1 is 0.625 bits per heavy atom. The first-order valence-corrected chi connectivity index (χ1v) is 11.3. The van der Waals surface area contributed by atoms with E-state index in [1.165, 1.54) is 33.4 Å². The predicted molar refractivity (Wildman–Crippen MR) is 115 cm³/mol. The monoisotopic (exact) mass is 568 g/mol. The zero-order valence-electron chi connectivity index (χ0n) is 12.3. The molecule has 118 valence electrons. The highest BCUT2D eigenvalue weighted by atomic mass is 79.9. The van der Waals surface area contributed by atoms with Crippen LogP contribution in [-0.2, 0) is 0 Å². The third-order valence-electron chi connectivity index (χ3n) is 5.00. The van der Waals surface area contributed by atoms with E-state index in [4.69, 9.17) is 0 Å². The van der Waals surface area contributed by atoms with E-state index >= 15 is 0 Å². The molecule has 0 saturated carbocycles. The van der Waals surface area contributed by atoms with Crippen LogP contribution in [0.2, 0.25) is 0 Å². The van der Waals surface area contributed by atoms with E-state index in [-0.39, 0.29) is 0 Å². The molecule has 0 N–H and O–H groups in total. The van der Waals surface area contributed by atoms with Gasteiger partial charge in [0.05, 0.1) is 0 Å². The molecule has 2 aliphatic rings. The molecular weight excluding hydrogens is 561 g/mol. The second-order valence-corrected chi connectivity index (χ2v) is 14.0. The Balaban J connectivity index is 1.88. The van der Waals surface area contributed by atoms with Crippen molar-refractivity contribution in [3.8, 4) is 22.5 Å². The van der Waals surface area contributed by atoms with Crippen molar-refractivity contribution < 1.29 is 8.96 Å². The summed E-state index contributed by atoms with van der Waals surface area (Å²) in [5.74, 6) is 0. The Morgan fingerprint density at radius 3 is 1.46 bits per heavy atom. The molecular formula is C16H10B2Br4N2. The van der Waals surface area contributed by atoms with Crippen LogP contribution in [0.25, 0.3) is 22.5 Å². The maximum atomic E-state index is 3.93. The van der Waals surface area contributed by atoms with Gasteiger partial charge in [-0.25, -0.2) is 63.0 Å². The summed E-state index contributed by atoms with van der Waals surface area (Å²) < 4.78 is 2.21. The van der Waals surface area contributed by atoms with Crippen molar-refractivity contribution in [3.05, 3.63) is 60.9 Å². The zero-order chi connectivity index (χ0) is 16.7. The van der Waals surface area contributed by atoms with Crippen LogP contribution in [0.15, 0.2) is 60.9 Å². The highest BCUT2D eigenvalue weighted by Crippen LogP contribution is 2.36. The Kier molecular flexibility index (Phi) is 3.33. The maximum Gasteiger partial charge on any atom is 0.427 e. The van der Waals surface area contributed by atoms with E-state index in [1.807, 2.05) is 0 Å². The van der Waals surface area contributed by atoms with Gasteiger partial charge in [-0.3, -0.25) is 0 Å². The average Bonchev–Trinajstić information content (AvgIpc) is 2.95. The molecule has 0 saturated heterocycles. The number of nitrogens with zero attached hydrogens (tertiary/aromatic N) is 2. The largest absolute Gasteiger partial charge is 0.427 e. The number of fused-ring (bicyclic) bond motifs is 6. The molecule has 0 fully saturated rings. The average molecular weight is 572 g/mol. The molecule has 4 heterocycles. The maximum absolute atomic E-state index is 3.93. The number of halogens is 4. The molecule has 0 radical (unpaired) electrons. The normalized spacial score (nSPS) is 17.8. The van der Waals surface area contributed by atoms with Gasteiger partial charge in [-0.15, -0.1) is 0 Å². The van der Waals surface area contributed by atoms with Gasteiger partial charge in [-0.1, -0.05) is 35.2 Å². The van der Waals surface area contributed by atoms with Crippen LogP contribution in [0.1, 0.15) is 0 Å². The minimum Gasteiger partial charge on any atom is -0.397 e. The Labute approximate surface area is 173 Å². The standard InChI is InChI=1S/C16H10B2Br4N2/c19-17(20)13-10-12-14(9-11(13)15-5-1-3-7-23(15)17)18(21,22)24-8-4-2-6-16(12)24/h1-10H. The van der Waals surface area contributed by atoms with E-state index in [0.29, 0.717) is 0 Å². The van der Waals surface area contributed by atoms with Crippen LogP contribution < -0.4 is 19.9 Å². The van der Waals surface area contributed by atoms with Crippen LogP contribution in [0.4, 0.5) is 0 Å². The summed E-state index contributed by atoms with van der Waals surface area (Å²) in [4.78, 5) is 0. The van der Waals surface area contributed by atoms with Crippen molar-refractivity contribution in [3.63, 3.8) is 0 Å². The summed E-state index contributed by atoms with van der Waals surface area (Å²) in [6.07, 6.45) is 4.24. The fraction of sp³-hybridized carbons (Fsp3) is 0. The highest BCUT2D eigenvalue weighted by molar-refractivity contribution is 9.51. The minimum atomic E-state index is -1.17. The summed E-state index contributed by atoms with van der Waals surface area (Å²) in [5.41, 5.74) is 7.53. The van der Waals surface area contributed by atoms with Gasteiger partial charge in [-0.2, -0.15) is 0 Å². The molecule has 0 spiro atoms. The van der Waals surface area contributed by atoms with Crippen LogP contribution in [0.3, 0.4) is 0 Å². The van der Waals surface area contributed by atoms with Crippen molar-refractivity contribution in [1.82, 2.24) is 0 Å². The summed E-state index contributed by atoms with van der Waals surface area (Å²) in [6, 6.07) is 17.3. The van der Waals surface area contributed by atoms with Crippen LogP contribution >= 0.6 is 63.0 Å². The van der Waals surface area contributed by atoms with Crippen molar-refractivity contribution in [2.24, 2.45) is 0 Å². The summed E-state index contributed by atoms with van der Waals surface area (Å²) >= 11 is 15.7. The van der Waals surface area contributed by atoms with Gasteiger partial charge < -0.3 is 8.96 Å². The van der Waals surface area contributed by atoms with E-state index in [1.54, 1.807) is 0 Å². The summed E-state index contributed by atoms with van der Waals surface area (Å²) in [6.45, 7) is 0. The van der Waals surface area contributed by atoms with Crippen LogP contribution in [0.5, 0.6) is 0 Å². The quantitative estimate of drug-likeness (QED) is 0.367. The zero-order valence-corrected chi connectivity index (χ0v) is 18.7. The Bertz CT molecular complexity index is 953. The number of rotatable bonds is 0. The molecule has 2 aromatic heterocycles. The molecule has 8 heteroatoms. The van der Waals surface area contributed by atoms with E-state index < -0.39 is 7.86 Å². The molecule has 24 heavy (non-hydrogen) atoms. The number of benzene rings is 1. The van der Waals surface area contributed by atoms with E-state index in [2.05, 4.69) is 133 Å². The number of aromatic nitrogens is 2. The van der Waals surface area contributed by atoms with Gasteiger partial charge in [0.25, 0.3) is 0 Å². The van der Waals surface area contributed by atoms with Crippen molar-refractivity contribution in [1.29, 1.82) is 0 Å². The van der Waals surface area contributed by atoms with Gasteiger partial charge in [0, 0.05) is 23.3 Å². The number of hydrogen-bond donors (Lipinski definition) is 0. The second-order valence-electron chi connectivity index (χ2n) is 6.26. The predicted octanol–water partition coefficient (Wildman–Crippen LogP) is 3.19. The number of hydrogen-bond acceptors (Lipinski definition) is 0. The minimum absolute atomic E-state index is 1.17. The molecule has 0 atom stereocenters. The molecule has 0 aliphatic carbocycles. The molecule has 0 amide bonds. The lowest BCUT2D eigenvalue weighted by atomic mass is 9.75. The SMILES string of the molecule is Br[B-]1(Br)c2cc3c(cc2-c2cccc[n+]21)[B-](Br)(Br)[n+]1ccccc1-3. The van der Waals surface area contributed by atoms with Crippen LogP contribution in [-0.4, -0.2) is 7.86 Å². The fourth-order valence-electron chi connectivity index (χ4n) is 3.89. The Hall–Kier alpha value is -0.430. The molecule has 2 nitrogen and oxygen atoms in total. The first kappa shape index (κ1) is 15.8. The molecule has 5 rings (SSSR count). The molecule has 0 unspecified atom stereocenters. The molecule has 3 aromatic rings. The topological polar surface area (TPSA) is 7.76 Å².